The summed E-state index contributed by atoms with van der Waals surface area (Å²) in [5.74, 6) is 0.414. The zero-order valence-electron chi connectivity index (χ0n) is 17.3. The highest BCUT2D eigenvalue weighted by molar-refractivity contribution is 6.32. The maximum absolute atomic E-state index is 12.9. The Hall–Kier alpha value is -1.30. The fraction of sp³-hybridized carbons (Fsp3) is 0.667. The Balaban J connectivity index is 2.80. The predicted molar refractivity (Wildman–Crippen MR) is 111 cm³/mol. The van der Waals surface area contributed by atoms with E-state index in [0.717, 1.165) is 25.7 Å². The zero-order chi connectivity index (χ0) is 20.3. The number of halogens is 1. The van der Waals surface area contributed by atoms with Crippen molar-refractivity contribution in [2.75, 3.05) is 25.6 Å². The summed E-state index contributed by atoms with van der Waals surface area (Å²) in [6, 6.07) is 5.23. The van der Waals surface area contributed by atoms with E-state index in [-0.39, 0.29) is 12.0 Å². The SMILES string of the molecule is CCCCC[C@@](C)(OCCC)C(=O)Nc1ccc(O[C@H](C)COC)c(Cl)c1. The molecule has 1 rings (SSSR count). The summed E-state index contributed by atoms with van der Waals surface area (Å²) >= 11 is 6.31. The summed E-state index contributed by atoms with van der Waals surface area (Å²) in [5.41, 5.74) is -0.224. The molecule has 1 aromatic rings. The molecule has 154 valence electrons. The number of hydrogen-bond acceptors (Lipinski definition) is 4. The number of ether oxygens (including phenoxy) is 3. The molecule has 0 spiro atoms. The highest BCUT2D eigenvalue weighted by Gasteiger charge is 2.33. The lowest BCUT2D eigenvalue weighted by molar-refractivity contribution is -0.140. The fourth-order valence-electron chi connectivity index (χ4n) is 2.71. The Morgan fingerprint density at radius 3 is 2.59 bits per heavy atom. The molecule has 1 N–H and O–H groups in total. The van der Waals surface area contributed by atoms with Crippen molar-refractivity contribution in [3.8, 4) is 5.75 Å². The van der Waals surface area contributed by atoms with Gasteiger partial charge in [-0.2, -0.15) is 0 Å². The average molecular weight is 400 g/mol. The summed E-state index contributed by atoms with van der Waals surface area (Å²) in [6.45, 7) is 8.97. The van der Waals surface area contributed by atoms with Gasteiger partial charge >= 0.3 is 0 Å². The third-order valence-corrected chi connectivity index (χ3v) is 4.58. The highest BCUT2D eigenvalue weighted by Crippen LogP contribution is 2.30. The number of amides is 1. The topological polar surface area (TPSA) is 56.8 Å². The van der Waals surface area contributed by atoms with Gasteiger partial charge in [-0.3, -0.25) is 4.79 Å². The third kappa shape index (κ3) is 8.08. The Morgan fingerprint density at radius 1 is 1.26 bits per heavy atom. The normalized spacial score (nSPS) is 14.4. The third-order valence-electron chi connectivity index (χ3n) is 4.28. The highest BCUT2D eigenvalue weighted by atomic mass is 35.5. The largest absolute Gasteiger partial charge is 0.487 e. The van der Waals surface area contributed by atoms with E-state index in [2.05, 4.69) is 12.2 Å². The number of carbonyl (C=O) groups excluding carboxylic acids is 1. The van der Waals surface area contributed by atoms with E-state index in [1.54, 1.807) is 25.3 Å². The lowest BCUT2D eigenvalue weighted by atomic mass is 9.96. The maximum Gasteiger partial charge on any atom is 0.256 e. The van der Waals surface area contributed by atoms with Gasteiger partial charge in [0.05, 0.1) is 11.6 Å². The number of unbranched alkanes of at least 4 members (excludes halogenated alkanes) is 2. The van der Waals surface area contributed by atoms with Crippen LogP contribution in [0.15, 0.2) is 18.2 Å². The van der Waals surface area contributed by atoms with Crippen molar-refractivity contribution in [1.82, 2.24) is 0 Å². The van der Waals surface area contributed by atoms with Crippen LogP contribution >= 0.6 is 11.6 Å². The Labute approximate surface area is 168 Å². The number of nitrogens with one attached hydrogen (secondary N) is 1. The molecule has 2 atom stereocenters. The molecule has 0 saturated carbocycles. The Morgan fingerprint density at radius 2 is 2.00 bits per heavy atom. The van der Waals surface area contributed by atoms with Crippen LogP contribution in [0, 0.1) is 0 Å². The summed E-state index contributed by atoms with van der Waals surface area (Å²) in [6.07, 6.45) is 4.58. The molecule has 27 heavy (non-hydrogen) atoms. The smallest absolute Gasteiger partial charge is 0.256 e. The van der Waals surface area contributed by atoms with E-state index in [0.29, 0.717) is 36.1 Å². The van der Waals surface area contributed by atoms with Crippen LogP contribution in [0.1, 0.15) is 59.8 Å². The lowest BCUT2D eigenvalue weighted by Crippen LogP contribution is -2.43. The molecule has 6 heteroatoms. The second kappa shape index (κ2) is 12.2. The minimum atomic E-state index is -0.847. The van der Waals surface area contributed by atoms with Gasteiger partial charge in [0.1, 0.15) is 17.5 Å². The van der Waals surface area contributed by atoms with Gasteiger partial charge in [0, 0.05) is 19.4 Å². The van der Waals surface area contributed by atoms with E-state index in [9.17, 15) is 4.79 Å². The van der Waals surface area contributed by atoms with E-state index in [1.165, 1.54) is 0 Å². The summed E-state index contributed by atoms with van der Waals surface area (Å²) in [7, 11) is 1.62. The van der Waals surface area contributed by atoms with Crippen molar-refractivity contribution < 1.29 is 19.0 Å². The average Bonchev–Trinajstić information content (AvgIpc) is 2.62. The van der Waals surface area contributed by atoms with E-state index >= 15 is 0 Å². The first-order chi connectivity index (χ1) is 12.9. The molecular weight excluding hydrogens is 366 g/mol. The van der Waals surface area contributed by atoms with Crippen molar-refractivity contribution in [3.63, 3.8) is 0 Å². The monoisotopic (exact) mass is 399 g/mol. The standard InChI is InChI=1S/C21H34ClNO4/c1-6-8-9-12-21(4,26-13-7-2)20(24)23-17-10-11-19(18(22)14-17)27-16(3)15-25-5/h10-11,14,16H,6-9,12-13,15H2,1-5H3,(H,23,24)/t16-,21-/m1/s1. The minimum absolute atomic E-state index is 0.114. The van der Waals surface area contributed by atoms with E-state index in [4.69, 9.17) is 25.8 Å². The van der Waals surface area contributed by atoms with Gasteiger partial charge in [-0.05, 0) is 44.9 Å². The Bertz CT molecular complexity index is 581. The van der Waals surface area contributed by atoms with Crippen LogP contribution in [0.2, 0.25) is 5.02 Å². The predicted octanol–water partition coefficient (Wildman–Crippen LogP) is 5.46. The molecule has 0 aliphatic carbocycles. The molecule has 1 amide bonds. The number of rotatable bonds is 13. The molecule has 0 radical (unpaired) electrons. The quantitative estimate of drug-likeness (QED) is 0.447. The summed E-state index contributed by atoms with van der Waals surface area (Å²) in [4.78, 5) is 12.9. The van der Waals surface area contributed by atoms with Crippen molar-refractivity contribution in [2.45, 2.75) is 71.5 Å². The van der Waals surface area contributed by atoms with Crippen LogP contribution in [-0.2, 0) is 14.3 Å². The minimum Gasteiger partial charge on any atom is -0.487 e. The van der Waals surface area contributed by atoms with Gasteiger partial charge in [0.25, 0.3) is 5.91 Å². The van der Waals surface area contributed by atoms with E-state index in [1.807, 2.05) is 20.8 Å². The zero-order valence-corrected chi connectivity index (χ0v) is 18.0. The molecule has 0 saturated heterocycles. The second-order valence-corrected chi connectivity index (χ2v) is 7.43. The molecule has 1 aromatic carbocycles. The molecule has 0 heterocycles. The number of anilines is 1. The lowest BCUT2D eigenvalue weighted by Gasteiger charge is -2.29. The fourth-order valence-corrected chi connectivity index (χ4v) is 2.94. The van der Waals surface area contributed by atoms with Gasteiger partial charge in [-0.25, -0.2) is 0 Å². The summed E-state index contributed by atoms with van der Waals surface area (Å²) in [5, 5.41) is 3.38. The van der Waals surface area contributed by atoms with E-state index < -0.39 is 5.60 Å². The van der Waals surface area contributed by atoms with Gasteiger partial charge < -0.3 is 19.5 Å². The van der Waals surface area contributed by atoms with Crippen LogP contribution in [0.3, 0.4) is 0 Å². The number of hydrogen-bond donors (Lipinski definition) is 1. The van der Waals surface area contributed by atoms with Crippen LogP contribution in [0.25, 0.3) is 0 Å². The molecule has 0 bridgehead atoms. The second-order valence-electron chi connectivity index (χ2n) is 7.02. The van der Waals surface area contributed by atoms with Crippen LogP contribution < -0.4 is 10.1 Å². The Kier molecular flexibility index (Phi) is 10.7. The van der Waals surface area contributed by atoms with Crippen molar-refractivity contribution in [2.24, 2.45) is 0 Å². The first-order valence-corrected chi connectivity index (χ1v) is 10.1. The van der Waals surface area contributed by atoms with Crippen LogP contribution in [0.4, 0.5) is 5.69 Å². The van der Waals surface area contributed by atoms with Gasteiger partial charge in [0.2, 0.25) is 0 Å². The number of benzene rings is 1. The van der Waals surface area contributed by atoms with Crippen molar-refractivity contribution in [3.05, 3.63) is 23.2 Å². The summed E-state index contributed by atoms with van der Waals surface area (Å²) < 4.78 is 16.7. The van der Waals surface area contributed by atoms with Crippen LogP contribution in [0.5, 0.6) is 5.75 Å². The first-order valence-electron chi connectivity index (χ1n) is 9.76. The van der Waals surface area contributed by atoms with Gasteiger partial charge in [0.15, 0.2) is 0 Å². The maximum atomic E-state index is 12.9. The molecule has 0 aromatic heterocycles. The van der Waals surface area contributed by atoms with Gasteiger partial charge in [-0.15, -0.1) is 0 Å². The first kappa shape index (κ1) is 23.7. The molecule has 0 aliphatic heterocycles. The molecule has 0 fully saturated rings. The molecule has 0 unspecified atom stereocenters. The van der Waals surface area contributed by atoms with Gasteiger partial charge in [-0.1, -0.05) is 44.7 Å². The number of carbonyl (C=O) groups is 1. The van der Waals surface area contributed by atoms with Crippen molar-refractivity contribution >= 4 is 23.2 Å². The molecule has 0 aliphatic rings. The van der Waals surface area contributed by atoms with Crippen molar-refractivity contribution in [1.29, 1.82) is 0 Å². The van der Waals surface area contributed by atoms with Crippen LogP contribution in [-0.4, -0.2) is 37.9 Å². The molecular formula is C21H34ClNO4. The molecule has 5 nitrogen and oxygen atoms in total. The number of methoxy groups -OCH3 is 1.